The van der Waals surface area contributed by atoms with Crippen molar-refractivity contribution in [3.8, 4) is 0 Å². The fourth-order valence-corrected chi connectivity index (χ4v) is 3.56. The molecule has 0 aliphatic carbocycles. The lowest BCUT2D eigenvalue weighted by Crippen LogP contribution is -2.48. The zero-order valence-corrected chi connectivity index (χ0v) is 12.4. The Morgan fingerprint density at radius 1 is 1.38 bits per heavy atom. The van der Waals surface area contributed by atoms with Gasteiger partial charge in [0.25, 0.3) is 0 Å². The Hall–Kier alpha value is -1.78. The van der Waals surface area contributed by atoms with Gasteiger partial charge in [0, 0.05) is 38.4 Å². The highest BCUT2D eigenvalue weighted by Gasteiger charge is 2.30. The molecule has 116 valence electrons. The van der Waals surface area contributed by atoms with Crippen LogP contribution in [0.15, 0.2) is 17.2 Å². The van der Waals surface area contributed by atoms with E-state index in [1.54, 1.807) is 0 Å². The molecule has 0 unspecified atom stereocenters. The number of anilines is 1. The quantitative estimate of drug-likeness (QED) is 0.608. The van der Waals surface area contributed by atoms with E-state index < -0.39 is 20.6 Å². The van der Waals surface area contributed by atoms with Crippen molar-refractivity contribution in [3.05, 3.63) is 22.4 Å². The molecule has 2 heterocycles. The van der Waals surface area contributed by atoms with E-state index in [2.05, 4.69) is 9.88 Å². The van der Waals surface area contributed by atoms with Gasteiger partial charge in [-0.25, -0.2) is 13.4 Å². The minimum absolute atomic E-state index is 0.201. The van der Waals surface area contributed by atoms with Crippen LogP contribution in [-0.4, -0.2) is 60.3 Å². The molecule has 1 saturated heterocycles. The van der Waals surface area contributed by atoms with Gasteiger partial charge in [-0.15, -0.1) is 0 Å². The summed E-state index contributed by atoms with van der Waals surface area (Å²) < 4.78 is 26.3. The molecule has 21 heavy (non-hydrogen) atoms. The number of likely N-dealkylation sites (N-methyl/N-ethyl adjacent to an activating group) is 1. The van der Waals surface area contributed by atoms with Gasteiger partial charge < -0.3 is 10.6 Å². The van der Waals surface area contributed by atoms with E-state index in [1.165, 1.54) is 4.31 Å². The van der Waals surface area contributed by atoms with Crippen LogP contribution in [0.4, 0.5) is 11.5 Å². The van der Waals surface area contributed by atoms with Crippen LogP contribution in [0, 0.1) is 10.1 Å². The van der Waals surface area contributed by atoms with E-state index >= 15 is 0 Å². The first-order chi connectivity index (χ1) is 9.86. The van der Waals surface area contributed by atoms with Gasteiger partial charge >= 0.3 is 5.69 Å². The van der Waals surface area contributed by atoms with Crippen molar-refractivity contribution in [1.82, 2.24) is 14.2 Å². The van der Waals surface area contributed by atoms with Crippen molar-refractivity contribution in [2.45, 2.75) is 11.8 Å². The van der Waals surface area contributed by atoms with Crippen molar-refractivity contribution in [2.75, 3.05) is 38.5 Å². The third-order valence-corrected chi connectivity index (χ3v) is 5.35. The average molecular weight is 315 g/mol. The summed E-state index contributed by atoms with van der Waals surface area (Å²) in [5, 5.41) is 10.8. The number of nitrogen functional groups attached to an aromatic ring is 1. The maximum atomic E-state index is 12.5. The molecule has 0 saturated carbocycles. The molecule has 9 nitrogen and oxygen atoms in total. The number of nitrogens with zero attached hydrogens (tertiary/aromatic N) is 4. The summed E-state index contributed by atoms with van der Waals surface area (Å²) in [6, 6.07) is 0.962. The Balaban J connectivity index is 2.28. The molecular formula is C11H17N5O4S. The van der Waals surface area contributed by atoms with Crippen molar-refractivity contribution in [1.29, 1.82) is 0 Å². The van der Waals surface area contributed by atoms with Gasteiger partial charge in [0.2, 0.25) is 15.8 Å². The summed E-state index contributed by atoms with van der Waals surface area (Å²) in [5.41, 5.74) is 4.88. The number of aromatic nitrogens is 1. The van der Waals surface area contributed by atoms with Crippen LogP contribution in [0.5, 0.6) is 0 Å². The van der Waals surface area contributed by atoms with E-state index in [9.17, 15) is 18.5 Å². The van der Waals surface area contributed by atoms with Crippen molar-refractivity contribution >= 4 is 21.5 Å². The highest BCUT2D eigenvalue weighted by Crippen LogP contribution is 2.24. The topological polar surface area (TPSA) is 123 Å². The first kappa shape index (κ1) is 15.6. The number of pyridine rings is 1. The highest BCUT2D eigenvalue weighted by atomic mass is 32.2. The predicted molar refractivity (Wildman–Crippen MR) is 76.2 cm³/mol. The van der Waals surface area contributed by atoms with Crippen molar-refractivity contribution in [3.63, 3.8) is 0 Å². The normalized spacial score (nSPS) is 17.8. The number of sulfonamides is 1. The Bertz CT molecular complexity index is 640. The van der Waals surface area contributed by atoms with E-state index in [-0.39, 0.29) is 10.7 Å². The summed E-state index contributed by atoms with van der Waals surface area (Å²) in [4.78, 5) is 15.6. The van der Waals surface area contributed by atoms with E-state index in [1.807, 2.05) is 6.92 Å². The van der Waals surface area contributed by atoms with Gasteiger partial charge in [0.15, 0.2) is 0 Å². The molecule has 2 N–H and O–H groups in total. The molecule has 0 amide bonds. The lowest BCUT2D eigenvalue weighted by molar-refractivity contribution is -0.384. The van der Waals surface area contributed by atoms with E-state index in [0.717, 1.165) is 18.8 Å². The molecule has 2 rings (SSSR count). The molecule has 0 aromatic carbocycles. The molecule has 10 heteroatoms. The van der Waals surface area contributed by atoms with Gasteiger partial charge in [-0.05, 0) is 6.54 Å². The summed E-state index contributed by atoms with van der Waals surface area (Å²) in [6.45, 7) is 4.86. The smallest absolute Gasteiger partial charge is 0.312 e. The Morgan fingerprint density at radius 2 is 2.00 bits per heavy atom. The number of piperazine rings is 1. The van der Waals surface area contributed by atoms with Crippen LogP contribution in [0.25, 0.3) is 0 Å². The Kier molecular flexibility index (Phi) is 4.40. The average Bonchev–Trinajstić information content (AvgIpc) is 2.47. The van der Waals surface area contributed by atoms with E-state index in [4.69, 9.17) is 5.73 Å². The Labute approximate surface area is 122 Å². The van der Waals surface area contributed by atoms with Crippen molar-refractivity contribution in [2.24, 2.45) is 0 Å². The number of nitro groups is 1. The highest BCUT2D eigenvalue weighted by molar-refractivity contribution is 7.89. The van der Waals surface area contributed by atoms with Gasteiger partial charge in [-0.3, -0.25) is 10.1 Å². The van der Waals surface area contributed by atoms with Crippen LogP contribution in [-0.2, 0) is 10.0 Å². The predicted octanol–water partition coefficient (Wildman–Crippen LogP) is -0.102. The van der Waals surface area contributed by atoms with Crippen molar-refractivity contribution < 1.29 is 13.3 Å². The summed E-state index contributed by atoms with van der Waals surface area (Å²) in [7, 11) is -3.78. The molecule has 1 aromatic heterocycles. The molecule has 0 bridgehead atoms. The first-order valence-corrected chi connectivity index (χ1v) is 7.92. The molecule has 1 aliphatic heterocycles. The first-order valence-electron chi connectivity index (χ1n) is 6.48. The zero-order valence-electron chi connectivity index (χ0n) is 11.6. The number of nitrogens with two attached hydrogens (primary N) is 1. The fraction of sp³-hybridized carbons (Fsp3) is 0.545. The standard InChI is InChI=1S/C11H17N5O4S/c1-2-14-3-5-15(6-4-14)21(19,20)9-7-10(16(17)18)11(12)13-8-9/h7-8H,2-6H2,1H3,(H2,12,13). The second kappa shape index (κ2) is 5.92. The second-order valence-corrected chi connectivity index (χ2v) is 6.61. The van der Waals surface area contributed by atoms with Gasteiger partial charge in [0.05, 0.1) is 4.92 Å². The molecule has 0 atom stereocenters. The van der Waals surface area contributed by atoms with Crippen LogP contribution < -0.4 is 5.73 Å². The third-order valence-electron chi connectivity index (χ3n) is 3.49. The molecule has 1 fully saturated rings. The zero-order chi connectivity index (χ0) is 15.6. The Morgan fingerprint density at radius 3 is 2.52 bits per heavy atom. The minimum Gasteiger partial charge on any atom is -0.378 e. The molecule has 0 radical (unpaired) electrons. The number of hydrogen-bond donors (Lipinski definition) is 1. The SMILES string of the molecule is CCN1CCN(S(=O)(=O)c2cnc(N)c([N+](=O)[O-])c2)CC1. The number of hydrogen-bond acceptors (Lipinski definition) is 7. The van der Waals surface area contributed by atoms with E-state index in [0.29, 0.717) is 26.2 Å². The molecular weight excluding hydrogens is 298 g/mol. The van der Waals surface area contributed by atoms with Crippen LogP contribution in [0.3, 0.4) is 0 Å². The van der Waals surface area contributed by atoms with Gasteiger partial charge in [-0.2, -0.15) is 4.31 Å². The summed E-state index contributed by atoms with van der Waals surface area (Å²) >= 11 is 0. The van der Waals surface area contributed by atoms with Gasteiger partial charge in [0.1, 0.15) is 4.90 Å². The largest absolute Gasteiger partial charge is 0.378 e. The lowest BCUT2D eigenvalue weighted by atomic mass is 10.4. The summed E-state index contributed by atoms with van der Waals surface area (Å²) in [5.74, 6) is -0.297. The molecule has 1 aromatic rings. The maximum absolute atomic E-state index is 12.5. The molecule has 0 spiro atoms. The number of rotatable bonds is 4. The third kappa shape index (κ3) is 3.12. The minimum atomic E-state index is -3.78. The summed E-state index contributed by atoms with van der Waals surface area (Å²) in [6.07, 6.45) is 1.06. The fourth-order valence-electron chi connectivity index (χ4n) is 2.17. The lowest BCUT2D eigenvalue weighted by Gasteiger charge is -2.33. The maximum Gasteiger partial charge on any atom is 0.312 e. The second-order valence-electron chi connectivity index (χ2n) is 4.67. The van der Waals surface area contributed by atoms with Crippen LogP contribution in [0.2, 0.25) is 0 Å². The van der Waals surface area contributed by atoms with Gasteiger partial charge in [-0.1, -0.05) is 6.92 Å². The monoisotopic (exact) mass is 315 g/mol. The van der Waals surface area contributed by atoms with Crippen LogP contribution >= 0.6 is 0 Å². The van der Waals surface area contributed by atoms with Crippen LogP contribution in [0.1, 0.15) is 6.92 Å². The molecule has 1 aliphatic rings.